The Morgan fingerprint density at radius 1 is 0.281 bits per heavy atom. The molecule has 0 aliphatic rings. The zero-order valence-corrected chi connectivity index (χ0v) is 64.5. The van der Waals surface area contributed by atoms with E-state index in [1.165, 1.54) is 218 Å². The van der Waals surface area contributed by atoms with Gasteiger partial charge in [-0.15, -0.1) is 0 Å². The number of carbonyl (C=O) groups excluding carboxylic acids is 4. The molecule has 96 heavy (non-hydrogen) atoms. The first-order valence-electron chi connectivity index (χ1n) is 40.0. The highest BCUT2D eigenvalue weighted by molar-refractivity contribution is 7.47. The molecule has 0 aromatic heterocycles. The first-order valence-corrected chi connectivity index (χ1v) is 43.0. The number of hydrogen-bond acceptors (Lipinski definition) is 15. The Kier molecular flexibility index (Phi) is 67.4. The van der Waals surface area contributed by atoms with E-state index in [0.717, 1.165) is 102 Å². The van der Waals surface area contributed by atoms with Crippen molar-refractivity contribution in [1.29, 1.82) is 0 Å². The van der Waals surface area contributed by atoms with E-state index in [-0.39, 0.29) is 25.7 Å². The first-order chi connectivity index (χ1) is 46.4. The predicted molar refractivity (Wildman–Crippen MR) is 391 cm³/mol. The largest absolute Gasteiger partial charge is 0.472 e. The van der Waals surface area contributed by atoms with Crippen LogP contribution < -0.4 is 0 Å². The van der Waals surface area contributed by atoms with Crippen molar-refractivity contribution < 1.29 is 80.2 Å². The van der Waals surface area contributed by atoms with Gasteiger partial charge in [-0.3, -0.25) is 37.3 Å². The van der Waals surface area contributed by atoms with Gasteiger partial charge in [-0.05, 0) is 37.5 Å². The summed E-state index contributed by atoms with van der Waals surface area (Å²) in [5.74, 6) is -0.617. The lowest BCUT2D eigenvalue weighted by molar-refractivity contribution is -0.161. The molecular formula is C77H150O17P2. The lowest BCUT2D eigenvalue weighted by Crippen LogP contribution is -2.30. The number of phosphoric ester groups is 2. The normalized spacial score (nSPS) is 14.0. The van der Waals surface area contributed by atoms with Gasteiger partial charge in [0.15, 0.2) is 12.2 Å². The second-order valence-electron chi connectivity index (χ2n) is 28.7. The van der Waals surface area contributed by atoms with Crippen molar-refractivity contribution in [2.45, 2.75) is 419 Å². The molecule has 0 saturated heterocycles. The quantitative estimate of drug-likeness (QED) is 0.0222. The fourth-order valence-electron chi connectivity index (χ4n) is 11.8. The Balaban J connectivity index is 5.26. The summed E-state index contributed by atoms with van der Waals surface area (Å²) in [5.41, 5.74) is 0. The van der Waals surface area contributed by atoms with Crippen molar-refractivity contribution >= 4 is 39.5 Å². The molecule has 0 aliphatic heterocycles. The molecule has 0 fully saturated rings. The lowest BCUT2D eigenvalue weighted by Gasteiger charge is -2.21. The van der Waals surface area contributed by atoms with Gasteiger partial charge in [0, 0.05) is 25.7 Å². The number of carbonyl (C=O) groups is 4. The van der Waals surface area contributed by atoms with Gasteiger partial charge in [-0.2, -0.15) is 0 Å². The minimum absolute atomic E-state index is 0.106. The molecule has 19 heteroatoms. The van der Waals surface area contributed by atoms with Crippen LogP contribution in [0.5, 0.6) is 0 Å². The molecule has 3 N–H and O–H groups in total. The van der Waals surface area contributed by atoms with Crippen molar-refractivity contribution in [3.63, 3.8) is 0 Å². The maximum atomic E-state index is 13.1. The molecule has 5 atom stereocenters. The summed E-state index contributed by atoms with van der Waals surface area (Å²) in [6.07, 6.45) is 56.8. The Bertz CT molecular complexity index is 1860. The average Bonchev–Trinajstić information content (AvgIpc) is 1.41. The van der Waals surface area contributed by atoms with Gasteiger partial charge >= 0.3 is 39.5 Å². The van der Waals surface area contributed by atoms with Crippen LogP contribution in [-0.4, -0.2) is 96.7 Å². The topological polar surface area (TPSA) is 237 Å². The fourth-order valence-corrected chi connectivity index (χ4v) is 13.4. The molecule has 17 nitrogen and oxygen atoms in total. The summed E-state index contributed by atoms with van der Waals surface area (Å²) < 4.78 is 68.6. The smallest absolute Gasteiger partial charge is 0.462 e. The predicted octanol–water partition coefficient (Wildman–Crippen LogP) is 22.7. The molecule has 0 saturated carbocycles. The van der Waals surface area contributed by atoms with E-state index in [1.807, 2.05) is 0 Å². The van der Waals surface area contributed by atoms with Gasteiger partial charge in [0.1, 0.15) is 19.3 Å². The molecular weight excluding hydrogens is 1260 g/mol. The minimum atomic E-state index is -4.96. The Labute approximate surface area is 588 Å². The van der Waals surface area contributed by atoms with E-state index in [4.69, 9.17) is 37.0 Å². The second kappa shape index (κ2) is 68.8. The summed E-state index contributed by atoms with van der Waals surface area (Å²) in [7, 11) is -9.91. The van der Waals surface area contributed by atoms with Crippen molar-refractivity contribution in [2.24, 2.45) is 11.8 Å². The van der Waals surface area contributed by atoms with Crippen LogP contribution in [0.1, 0.15) is 401 Å². The standard InChI is InChI=1S/C77H150O17P2/c1-7-9-11-13-15-17-19-21-23-24-25-27-29-36-43-49-55-61-76(81)93-72(65-87-74(79)59-53-47-41-35-28-26-22-20-18-16-14-12-10-8-2)67-91-95(83,84)89-63-71(78)64-90-96(85,86)92-68-73(66-88-75(80)60-54-48-42-38-32-34-40-46-52-58-70(5)6)94-77(82)62-56-50-44-37-31-30-33-39-45-51-57-69(3)4/h69-73,78H,7-68H2,1-6H3,(H,83,84)(H,85,86)/t71-,72-,73-/m1/s1. The van der Waals surface area contributed by atoms with E-state index in [9.17, 15) is 43.2 Å². The fraction of sp³-hybridized carbons (Fsp3) is 0.948. The third kappa shape index (κ3) is 70.5. The molecule has 0 radical (unpaired) electrons. The molecule has 0 spiro atoms. The van der Waals surface area contributed by atoms with E-state index in [2.05, 4.69) is 41.5 Å². The van der Waals surface area contributed by atoms with Crippen molar-refractivity contribution in [3.8, 4) is 0 Å². The third-order valence-corrected chi connectivity index (χ3v) is 19.9. The van der Waals surface area contributed by atoms with Gasteiger partial charge in [-0.1, -0.05) is 350 Å². The summed E-state index contributed by atoms with van der Waals surface area (Å²) in [4.78, 5) is 72.9. The highest BCUT2D eigenvalue weighted by Gasteiger charge is 2.30. The molecule has 0 aromatic carbocycles. The van der Waals surface area contributed by atoms with Crippen LogP contribution in [0.15, 0.2) is 0 Å². The zero-order valence-electron chi connectivity index (χ0n) is 62.7. The van der Waals surface area contributed by atoms with Gasteiger partial charge in [0.25, 0.3) is 0 Å². The van der Waals surface area contributed by atoms with Gasteiger partial charge < -0.3 is 33.8 Å². The lowest BCUT2D eigenvalue weighted by atomic mass is 10.0. The van der Waals surface area contributed by atoms with Crippen LogP contribution in [-0.2, 0) is 65.4 Å². The van der Waals surface area contributed by atoms with Crippen LogP contribution in [0.4, 0.5) is 0 Å². The number of rotatable bonds is 76. The minimum Gasteiger partial charge on any atom is -0.462 e. The van der Waals surface area contributed by atoms with E-state index >= 15 is 0 Å². The van der Waals surface area contributed by atoms with Crippen LogP contribution in [0, 0.1) is 11.8 Å². The monoisotopic (exact) mass is 1410 g/mol. The molecule has 0 bridgehead atoms. The van der Waals surface area contributed by atoms with E-state index in [1.54, 1.807) is 0 Å². The summed E-state index contributed by atoms with van der Waals surface area (Å²) >= 11 is 0. The van der Waals surface area contributed by atoms with Crippen molar-refractivity contribution in [1.82, 2.24) is 0 Å². The second-order valence-corrected chi connectivity index (χ2v) is 31.6. The zero-order chi connectivity index (χ0) is 70.7. The van der Waals surface area contributed by atoms with Crippen LogP contribution >= 0.6 is 15.6 Å². The van der Waals surface area contributed by atoms with Crippen LogP contribution in [0.25, 0.3) is 0 Å². The molecule has 0 rings (SSSR count). The Morgan fingerprint density at radius 3 is 0.708 bits per heavy atom. The van der Waals surface area contributed by atoms with E-state index in [0.29, 0.717) is 25.7 Å². The number of aliphatic hydroxyl groups excluding tert-OH is 1. The van der Waals surface area contributed by atoms with Crippen molar-refractivity contribution in [2.75, 3.05) is 39.6 Å². The summed E-state index contributed by atoms with van der Waals surface area (Å²) in [6.45, 7) is 9.58. The highest BCUT2D eigenvalue weighted by atomic mass is 31.2. The number of aliphatic hydroxyl groups is 1. The number of phosphoric acid groups is 2. The third-order valence-electron chi connectivity index (χ3n) is 18.0. The molecule has 0 amide bonds. The van der Waals surface area contributed by atoms with Gasteiger partial charge in [-0.25, -0.2) is 9.13 Å². The Morgan fingerprint density at radius 2 is 0.479 bits per heavy atom. The maximum Gasteiger partial charge on any atom is 0.472 e. The van der Waals surface area contributed by atoms with Crippen molar-refractivity contribution in [3.05, 3.63) is 0 Å². The number of esters is 4. The van der Waals surface area contributed by atoms with Gasteiger partial charge in [0.05, 0.1) is 26.4 Å². The molecule has 0 heterocycles. The molecule has 0 aliphatic carbocycles. The molecule has 2 unspecified atom stereocenters. The first kappa shape index (κ1) is 94.1. The highest BCUT2D eigenvalue weighted by Crippen LogP contribution is 2.45. The number of hydrogen-bond donors (Lipinski definition) is 3. The average molecular weight is 1410 g/mol. The SMILES string of the molecule is CCCCCCCCCCCCCCCCCCCC(=O)O[C@H](COC(=O)CCCCCCCCCCCCCCCC)COP(=O)(O)OC[C@@H](O)COP(=O)(O)OC[C@@H](COC(=O)CCCCCCCCCCCC(C)C)OC(=O)CCCCCCCCCCCCC(C)C. The summed E-state index contributed by atoms with van der Waals surface area (Å²) in [5, 5.41) is 10.6. The molecule has 570 valence electrons. The Hall–Kier alpha value is -1.94. The van der Waals surface area contributed by atoms with Crippen LogP contribution in [0.2, 0.25) is 0 Å². The van der Waals surface area contributed by atoms with Crippen LogP contribution in [0.3, 0.4) is 0 Å². The molecule has 0 aromatic rings. The number of ether oxygens (including phenoxy) is 4. The summed E-state index contributed by atoms with van der Waals surface area (Å²) in [6, 6.07) is 0. The van der Waals surface area contributed by atoms with E-state index < -0.39 is 97.5 Å². The number of unbranched alkanes of at least 4 members (excludes halogenated alkanes) is 46. The maximum absolute atomic E-state index is 13.1. The van der Waals surface area contributed by atoms with Gasteiger partial charge in [0.2, 0.25) is 0 Å².